The fraction of sp³-hybridized carbons (Fsp3) is 0.300. The van der Waals surface area contributed by atoms with Crippen LogP contribution in [0.15, 0.2) is 11.1 Å². The lowest BCUT2D eigenvalue weighted by atomic mass is 10.2. The van der Waals surface area contributed by atoms with E-state index in [1.807, 2.05) is 4.98 Å². The largest absolute Gasteiger partial charge is 0.434 e. The predicted octanol–water partition coefficient (Wildman–Crippen LogP) is 0.276. The van der Waals surface area contributed by atoms with Crippen LogP contribution in [0.2, 0.25) is 0 Å². The Kier molecular flexibility index (Phi) is 4.09. The molecule has 0 aliphatic carbocycles. The monoisotopic (exact) mass is 259 g/mol. The lowest BCUT2D eigenvalue weighted by Gasteiger charge is -2.05. The Morgan fingerprint density at radius 1 is 1.56 bits per heavy atom. The highest BCUT2D eigenvalue weighted by molar-refractivity contribution is 5.73. The molecule has 0 unspecified atom stereocenters. The van der Waals surface area contributed by atoms with Gasteiger partial charge < -0.3 is 10.3 Å². The summed E-state index contributed by atoms with van der Waals surface area (Å²) in [5.41, 5.74) is -3.09. The van der Waals surface area contributed by atoms with Crippen LogP contribution in [-0.2, 0) is 11.0 Å². The quantitative estimate of drug-likeness (QED) is 0.711. The number of amides is 1. The van der Waals surface area contributed by atoms with E-state index >= 15 is 0 Å². The first kappa shape index (κ1) is 13.8. The van der Waals surface area contributed by atoms with E-state index in [0.29, 0.717) is 6.33 Å². The Labute approximate surface area is 99.4 Å². The fourth-order valence-corrected chi connectivity index (χ4v) is 1.03. The molecule has 0 fully saturated rings. The van der Waals surface area contributed by atoms with E-state index in [9.17, 15) is 22.8 Å². The lowest BCUT2D eigenvalue weighted by Crippen LogP contribution is -2.22. The maximum atomic E-state index is 12.5. The Bertz CT molecular complexity index is 566. The van der Waals surface area contributed by atoms with Crippen molar-refractivity contribution in [3.8, 4) is 11.8 Å². The molecule has 0 aromatic carbocycles. The Morgan fingerprint density at radius 2 is 2.22 bits per heavy atom. The van der Waals surface area contributed by atoms with Crippen molar-refractivity contribution in [2.24, 2.45) is 0 Å². The molecule has 5 nitrogen and oxygen atoms in total. The molecule has 0 radical (unpaired) electrons. The maximum Gasteiger partial charge on any atom is 0.434 e. The molecule has 0 saturated carbocycles. The zero-order valence-corrected chi connectivity index (χ0v) is 9.18. The molecule has 0 spiro atoms. The SMILES string of the molecule is CC(=O)NCC#Cc1c(C(F)(F)F)nc[nH]c1=O. The van der Waals surface area contributed by atoms with E-state index in [1.54, 1.807) is 0 Å². The van der Waals surface area contributed by atoms with Gasteiger partial charge in [0.2, 0.25) is 5.91 Å². The summed E-state index contributed by atoms with van der Waals surface area (Å²) in [7, 11) is 0. The zero-order valence-electron chi connectivity index (χ0n) is 9.18. The second-order valence-corrected chi connectivity index (χ2v) is 3.16. The van der Waals surface area contributed by atoms with Crippen LogP contribution >= 0.6 is 0 Å². The number of carbonyl (C=O) groups excluding carboxylic acids is 1. The van der Waals surface area contributed by atoms with Crippen LogP contribution in [0.5, 0.6) is 0 Å². The van der Waals surface area contributed by atoms with Gasteiger partial charge in [0.25, 0.3) is 5.56 Å². The van der Waals surface area contributed by atoms with Gasteiger partial charge in [-0.25, -0.2) is 4.98 Å². The summed E-state index contributed by atoms with van der Waals surface area (Å²) in [4.78, 5) is 26.8. The molecule has 1 rings (SSSR count). The highest BCUT2D eigenvalue weighted by Crippen LogP contribution is 2.28. The van der Waals surface area contributed by atoms with Gasteiger partial charge in [-0.05, 0) is 0 Å². The topological polar surface area (TPSA) is 74.8 Å². The van der Waals surface area contributed by atoms with Crippen molar-refractivity contribution >= 4 is 5.91 Å². The van der Waals surface area contributed by atoms with E-state index in [0.717, 1.165) is 0 Å². The van der Waals surface area contributed by atoms with E-state index in [-0.39, 0.29) is 12.5 Å². The number of nitrogens with one attached hydrogen (secondary N) is 2. The van der Waals surface area contributed by atoms with Crippen LogP contribution in [0.25, 0.3) is 0 Å². The third-order valence-electron chi connectivity index (χ3n) is 1.76. The van der Waals surface area contributed by atoms with Gasteiger partial charge in [-0.15, -0.1) is 0 Å². The summed E-state index contributed by atoms with van der Waals surface area (Å²) in [6.45, 7) is 1.08. The third kappa shape index (κ3) is 3.62. The Morgan fingerprint density at radius 3 is 2.78 bits per heavy atom. The number of H-pyrrole nitrogens is 1. The van der Waals surface area contributed by atoms with Crippen LogP contribution in [0.1, 0.15) is 18.2 Å². The highest BCUT2D eigenvalue weighted by Gasteiger charge is 2.36. The first-order valence-electron chi connectivity index (χ1n) is 4.70. The van der Waals surface area contributed by atoms with E-state index in [4.69, 9.17) is 0 Å². The molecule has 0 bridgehead atoms. The predicted molar refractivity (Wildman–Crippen MR) is 55.4 cm³/mol. The number of nitrogens with zero attached hydrogens (tertiary/aromatic N) is 1. The minimum Gasteiger partial charge on any atom is -0.345 e. The van der Waals surface area contributed by atoms with E-state index in [1.165, 1.54) is 6.92 Å². The Hall–Kier alpha value is -2.30. The van der Waals surface area contributed by atoms with E-state index in [2.05, 4.69) is 22.1 Å². The average molecular weight is 259 g/mol. The van der Waals surface area contributed by atoms with Gasteiger partial charge in [-0.2, -0.15) is 13.2 Å². The summed E-state index contributed by atoms with van der Waals surface area (Å²) in [6, 6.07) is 0. The smallest absolute Gasteiger partial charge is 0.345 e. The van der Waals surface area contributed by atoms with E-state index < -0.39 is 23.0 Å². The third-order valence-corrected chi connectivity index (χ3v) is 1.76. The molecule has 0 atom stereocenters. The first-order valence-corrected chi connectivity index (χ1v) is 4.70. The van der Waals surface area contributed by atoms with Crippen molar-refractivity contribution in [2.45, 2.75) is 13.1 Å². The molecular weight excluding hydrogens is 251 g/mol. The van der Waals surface area contributed by atoms with Crippen LogP contribution in [-0.4, -0.2) is 22.4 Å². The van der Waals surface area contributed by atoms with Gasteiger partial charge in [0.15, 0.2) is 5.69 Å². The second kappa shape index (κ2) is 5.35. The number of alkyl halides is 3. The number of aromatic nitrogens is 2. The van der Waals surface area contributed by atoms with Crippen LogP contribution in [0.4, 0.5) is 13.2 Å². The van der Waals surface area contributed by atoms with Crippen molar-refractivity contribution in [3.05, 3.63) is 27.9 Å². The number of carbonyl (C=O) groups is 1. The number of rotatable bonds is 1. The van der Waals surface area contributed by atoms with Crippen molar-refractivity contribution < 1.29 is 18.0 Å². The normalized spacial score (nSPS) is 10.4. The minimum atomic E-state index is -4.76. The molecule has 1 heterocycles. The van der Waals surface area contributed by atoms with Gasteiger partial charge in [0, 0.05) is 6.92 Å². The zero-order chi connectivity index (χ0) is 13.8. The molecule has 0 aliphatic heterocycles. The summed E-state index contributed by atoms with van der Waals surface area (Å²) in [5, 5.41) is 2.27. The van der Waals surface area contributed by atoms with Crippen molar-refractivity contribution in [3.63, 3.8) is 0 Å². The second-order valence-electron chi connectivity index (χ2n) is 3.16. The Balaban J connectivity index is 3.08. The van der Waals surface area contributed by atoms with Crippen molar-refractivity contribution in [2.75, 3.05) is 6.54 Å². The maximum absolute atomic E-state index is 12.5. The molecule has 96 valence electrons. The summed E-state index contributed by atoms with van der Waals surface area (Å²) in [5.74, 6) is 3.92. The fourth-order valence-electron chi connectivity index (χ4n) is 1.03. The van der Waals surface area contributed by atoms with Crippen LogP contribution in [0.3, 0.4) is 0 Å². The molecule has 8 heteroatoms. The molecule has 1 aromatic rings. The summed E-state index contributed by atoms with van der Waals surface area (Å²) >= 11 is 0. The standard InChI is InChI=1S/C10H8F3N3O2/c1-6(17)14-4-2-3-7-8(10(11,12)13)15-5-16-9(7)18/h5H,4H2,1H3,(H,14,17)(H,15,16,18). The molecule has 1 amide bonds. The summed E-state index contributed by atoms with van der Waals surface area (Å²) < 4.78 is 37.5. The summed E-state index contributed by atoms with van der Waals surface area (Å²) in [6.07, 6.45) is -4.10. The number of halogens is 3. The number of aromatic amines is 1. The number of hydrogen-bond acceptors (Lipinski definition) is 3. The molecule has 18 heavy (non-hydrogen) atoms. The molecule has 0 aliphatic rings. The van der Waals surface area contributed by atoms with Gasteiger partial charge >= 0.3 is 6.18 Å². The van der Waals surface area contributed by atoms with Gasteiger partial charge in [-0.1, -0.05) is 11.8 Å². The molecule has 1 aromatic heterocycles. The highest BCUT2D eigenvalue weighted by atomic mass is 19.4. The molecule has 2 N–H and O–H groups in total. The van der Waals surface area contributed by atoms with Gasteiger partial charge in [-0.3, -0.25) is 9.59 Å². The number of hydrogen-bond donors (Lipinski definition) is 2. The van der Waals surface area contributed by atoms with Crippen LogP contribution < -0.4 is 10.9 Å². The molecular formula is C10H8F3N3O2. The first-order chi connectivity index (χ1) is 8.32. The van der Waals surface area contributed by atoms with Gasteiger partial charge in [0.1, 0.15) is 5.56 Å². The van der Waals surface area contributed by atoms with Crippen molar-refractivity contribution in [1.29, 1.82) is 0 Å². The van der Waals surface area contributed by atoms with Gasteiger partial charge in [0.05, 0.1) is 12.9 Å². The van der Waals surface area contributed by atoms with Crippen molar-refractivity contribution in [1.82, 2.24) is 15.3 Å². The molecule has 0 saturated heterocycles. The average Bonchev–Trinajstić information content (AvgIpc) is 2.24. The van der Waals surface area contributed by atoms with Crippen LogP contribution in [0, 0.1) is 11.8 Å². The lowest BCUT2D eigenvalue weighted by molar-refractivity contribution is -0.141. The minimum absolute atomic E-state index is 0.152.